The number of aliphatic imine (C=N–C) groups is 1. The molecule has 2 N–H and O–H groups in total. The van der Waals surface area contributed by atoms with Gasteiger partial charge < -0.3 is 19.8 Å². The number of benzene rings is 1. The number of furan rings is 1. The van der Waals surface area contributed by atoms with Crippen LogP contribution < -0.4 is 10.6 Å². The summed E-state index contributed by atoms with van der Waals surface area (Å²) in [5, 5.41) is 6.44. The fourth-order valence-electron chi connectivity index (χ4n) is 2.59. The summed E-state index contributed by atoms with van der Waals surface area (Å²) in [4.78, 5) is 4.55. The Labute approximate surface area is 183 Å². The van der Waals surface area contributed by atoms with Crippen LogP contribution in [0.1, 0.15) is 23.3 Å². The standard InChI is InChI=1S/C19H27N3O4S.HI/c1-15-12-16(7-8-18(15)27(3,23)24)13-22-19(20-2)21-9-5-10-25-14-17-6-4-11-26-17;/h4,6-8,11-12H,5,9-10,13-14H2,1-3H3,(H2,20,21,22);1H. The van der Waals surface area contributed by atoms with Crippen LogP contribution in [0.3, 0.4) is 0 Å². The van der Waals surface area contributed by atoms with E-state index in [2.05, 4.69) is 15.6 Å². The smallest absolute Gasteiger partial charge is 0.191 e. The van der Waals surface area contributed by atoms with E-state index in [0.717, 1.165) is 29.9 Å². The zero-order valence-corrected chi connectivity index (χ0v) is 19.5. The quantitative estimate of drug-likeness (QED) is 0.228. The number of nitrogens with zero attached hydrogens (tertiary/aromatic N) is 1. The zero-order valence-electron chi connectivity index (χ0n) is 16.4. The average Bonchev–Trinajstić information content (AvgIpc) is 3.13. The molecule has 2 aromatic rings. The zero-order chi connectivity index (χ0) is 19.7. The van der Waals surface area contributed by atoms with Gasteiger partial charge in [-0.1, -0.05) is 12.1 Å². The van der Waals surface area contributed by atoms with Crippen LogP contribution in [0.25, 0.3) is 0 Å². The maximum Gasteiger partial charge on any atom is 0.191 e. The molecule has 0 fully saturated rings. The second-order valence-corrected chi connectivity index (χ2v) is 8.19. The van der Waals surface area contributed by atoms with Crippen molar-refractivity contribution in [3.63, 3.8) is 0 Å². The van der Waals surface area contributed by atoms with Gasteiger partial charge in [-0.05, 0) is 42.7 Å². The minimum Gasteiger partial charge on any atom is -0.467 e. The molecule has 0 aliphatic carbocycles. The van der Waals surface area contributed by atoms with Gasteiger partial charge in [-0.2, -0.15) is 0 Å². The number of rotatable bonds is 9. The molecule has 0 unspecified atom stereocenters. The van der Waals surface area contributed by atoms with Gasteiger partial charge in [0.25, 0.3) is 0 Å². The largest absolute Gasteiger partial charge is 0.467 e. The van der Waals surface area contributed by atoms with Crippen molar-refractivity contribution < 1.29 is 17.6 Å². The highest BCUT2D eigenvalue weighted by atomic mass is 127. The molecule has 0 atom stereocenters. The van der Waals surface area contributed by atoms with E-state index in [1.165, 1.54) is 6.26 Å². The van der Waals surface area contributed by atoms with E-state index < -0.39 is 9.84 Å². The van der Waals surface area contributed by atoms with Crippen LogP contribution in [-0.2, 0) is 27.7 Å². The predicted molar refractivity (Wildman–Crippen MR) is 121 cm³/mol. The highest BCUT2D eigenvalue weighted by molar-refractivity contribution is 14.0. The molecule has 1 heterocycles. The third kappa shape index (κ3) is 8.19. The first-order chi connectivity index (χ1) is 12.9. The Balaban J connectivity index is 0.00000392. The van der Waals surface area contributed by atoms with Crippen molar-refractivity contribution in [1.29, 1.82) is 0 Å². The fraction of sp³-hybridized carbons (Fsp3) is 0.421. The number of halogens is 1. The molecule has 0 spiro atoms. The third-order valence-corrected chi connectivity index (χ3v) is 5.16. The van der Waals surface area contributed by atoms with Crippen molar-refractivity contribution in [2.75, 3.05) is 26.5 Å². The monoisotopic (exact) mass is 521 g/mol. The molecule has 28 heavy (non-hydrogen) atoms. The first-order valence-electron chi connectivity index (χ1n) is 8.74. The summed E-state index contributed by atoms with van der Waals surface area (Å²) in [6, 6.07) is 9.06. The average molecular weight is 521 g/mol. The lowest BCUT2D eigenvalue weighted by Gasteiger charge is -2.13. The van der Waals surface area contributed by atoms with Crippen molar-refractivity contribution in [1.82, 2.24) is 10.6 Å². The number of hydrogen-bond donors (Lipinski definition) is 2. The first kappa shape index (κ1) is 24.4. The van der Waals surface area contributed by atoms with E-state index >= 15 is 0 Å². The van der Waals surface area contributed by atoms with Crippen LogP contribution in [0.4, 0.5) is 0 Å². The summed E-state index contributed by atoms with van der Waals surface area (Å²) in [6.07, 6.45) is 3.69. The van der Waals surface area contributed by atoms with Gasteiger partial charge in [0.1, 0.15) is 12.4 Å². The molecule has 1 aromatic carbocycles. The predicted octanol–water partition coefficient (Wildman–Crippen LogP) is 2.88. The molecule has 1 aromatic heterocycles. The van der Waals surface area contributed by atoms with E-state index in [1.807, 2.05) is 24.3 Å². The van der Waals surface area contributed by atoms with Gasteiger partial charge in [-0.15, -0.1) is 24.0 Å². The lowest BCUT2D eigenvalue weighted by molar-refractivity contribution is 0.105. The molecule has 156 valence electrons. The Hall–Kier alpha value is -1.59. The van der Waals surface area contributed by atoms with E-state index in [0.29, 0.717) is 30.6 Å². The molecule has 0 aliphatic rings. The minimum atomic E-state index is -3.19. The number of hydrogen-bond acceptors (Lipinski definition) is 5. The van der Waals surface area contributed by atoms with E-state index in [-0.39, 0.29) is 24.0 Å². The van der Waals surface area contributed by atoms with Gasteiger partial charge >= 0.3 is 0 Å². The topological polar surface area (TPSA) is 92.9 Å². The number of nitrogens with one attached hydrogen (secondary N) is 2. The van der Waals surface area contributed by atoms with Crippen LogP contribution in [0.15, 0.2) is 50.9 Å². The maximum absolute atomic E-state index is 11.7. The highest BCUT2D eigenvalue weighted by Gasteiger charge is 2.10. The van der Waals surface area contributed by atoms with Crippen molar-refractivity contribution in [2.24, 2.45) is 4.99 Å². The van der Waals surface area contributed by atoms with Crippen molar-refractivity contribution in [3.05, 3.63) is 53.5 Å². The summed E-state index contributed by atoms with van der Waals surface area (Å²) in [6.45, 7) is 4.18. The molecule has 2 rings (SSSR count). The van der Waals surface area contributed by atoms with Crippen LogP contribution in [0.5, 0.6) is 0 Å². The second-order valence-electron chi connectivity index (χ2n) is 6.21. The molecule has 0 amide bonds. The Bertz CT molecular complexity index is 852. The van der Waals surface area contributed by atoms with Crippen molar-refractivity contribution in [2.45, 2.75) is 31.4 Å². The Morgan fingerprint density at radius 3 is 2.64 bits per heavy atom. The summed E-state index contributed by atoms with van der Waals surface area (Å²) in [5.41, 5.74) is 1.73. The molecular formula is C19H28IN3O4S. The van der Waals surface area contributed by atoms with Crippen LogP contribution in [0.2, 0.25) is 0 Å². The highest BCUT2D eigenvalue weighted by Crippen LogP contribution is 2.16. The third-order valence-electron chi connectivity index (χ3n) is 3.90. The normalized spacial score (nSPS) is 11.8. The molecule has 7 nitrogen and oxygen atoms in total. The van der Waals surface area contributed by atoms with Gasteiger partial charge in [0, 0.05) is 33.0 Å². The summed E-state index contributed by atoms with van der Waals surface area (Å²) in [7, 11) is -1.49. The molecule has 9 heteroatoms. The van der Waals surface area contributed by atoms with E-state index in [4.69, 9.17) is 9.15 Å². The number of guanidine groups is 1. The molecule has 0 radical (unpaired) electrons. The molecule has 0 bridgehead atoms. The van der Waals surface area contributed by atoms with Crippen LogP contribution in [0, 0.1) is 6.92 Å². The molecular weight excluding hydrogens is 493 g/mol. The summed E-state index contributed by atoms with van der Waals surface area (Å²) in [5.74, 6) is 1.50. The number of aryl methyl sites for hydroxylation is 1. The molecule has 0 saturated carbocycles. The summed E-state index contributed by atoms with van der Waals surface area (Å²) >= 11 is 0. The Morgan fingerprint density at radius 1 is 1.25 bits per heavy atom. The lowest BCUT2D eigenvalue weighted by Crippen LogP contribution is -2.37. The first-order valence-corrected chi connectivity index (χ1v) is 10.6. The van der Waals surface area contributed by atoms with Gasteiger partial charge in [0.2, 0.25) is 0 Å². The van der Waals surface area contributed by atoms with Crippen LogP contribution >= 0.6 is 24.0 Å². The SMILES string of the molecule is CN=C(NCCCOCc1ccco1)NCc1ccc(S(C)(=O)=O)c(C)c1.I. The van der Waals surface area contributed by atoms with Crippen molar-refractivity contribution in [3.8, 4) is 0 Å². The van der Waals surface area contributed by atoms with Gasteiger partial charge in [0.15, 0.2) is 15.8 Å². The fourth-order valence-corrected chi connectivity index (χ4v) is 3.55. The van der Waals surface area contributed by atoms with Crippen LogP contribution in [-0.4, -0.2) is 40.8 Å². The summed E-state index contributed by atoms with van der Waals surface area (Å²) < 4.78 is 34.1. The Morgan fingerprint density at radius 2 is 2.04 bits per heavy atom. The lowest BCUT2D eigenvalue weighted by atomic mass is 10.1. The van der Waals surface area contributed by atoms with E-state index in [1.54, 1.807) is 26.3 Å². The number of ether oxygens (including phenoxy) is 1. The van der Waals surface area contributed by atoms with Gasteiger partial charge in [0.05, 0.1) is 11.2 Å². The van der Waals surface area contributed by atoms with Gasteiger partial charge in [-0.25, -0.2) is 8.42 Å². The molecule has 0 saturated heterocycles. The molecule has 0 aliphatic heterocycles. The Kier molecular flexibility index (Phi) is 10.5. The minimum absolute atomic E-state index is 0. The number of sulfone groups is 1. The maximum atomic E-state index is 11.7. The van der Waals surface area contributed by atoms with E-state index in [9.17, 15) is 8.42 Å². The van der Waals surface area contributed by atoms with Gasteiger partial charge in [-0.3, -0.25) is 4.99 Å². The van der Waals surface area contributed by atoms with Crippen molar-refractivity contribution >= 4 is 39.8 Å². The second kappa shape index (κ2) is 12.1.